The molecule has 4 heteroatoms. The zero-order valence-corrected chi connectivity index (χ0v) is 14.5. The Morgan fingerprint density at radius 2 is 1.92 bits per heavy atom. The normalized spacial score (nSPS) is 16.5. The topological polar surface area (TPSA) is 47.6 Å². The molecule has 1 N–H and O–H groups in total. The van der Waals surface area contributed by atoms with Crippen LogP contribution in [0.1, 0.15) is 23.2 Å². The zero-order chi connectivity index (χ0) is 17.8. The van der Waals surface area contributed by atoms with Crippen molar-refractivity contribution in [2.75, 3.05) is 18.5 Å². The lowest BCUT2D eigenvalue weighted by Gasteiger charge is -2.13. The summed E-state index contributed by atoms with van der Waals surface area (Å²) in [6.07, 6.45) is 2.27. The Morgan fingerprint density at radius 3 is 2.81 bits per heavy atom. The number of rotatable bonds is 5. The van der Waals surface area contributed by atoms with Gasteiger partial charge in [-0.25, -0.2) is 0 Å². The van der Waals surface area contributed by atoms with Gasteiger partial charge in [0.05, 0.1) is 6.10 Å². The highest BCUT2D eigenvalue weighted by atomic mass is 16.5. The van der Waals surface area contributed by atoms with Crippen LogP contribution in [-0.2, 0) is 4.74 Å². The molecule has 0 saturated carbocycles. The van der Waals surface area contributed by atoms with Gasteiger partial charge in [-0.3, -0.25) is 4.79 Å². The van der Waals surface area contributed by atoms with Crippen molar-refractivity contribution in [3.05, 3.63) is 72.3 Å². The number of hydrogen-bond donors (Lipinski definition) is 1. The highest BCUT2D eigenvalue weighted by molar-refractivity contribution is 6.09. The smallest absolute Gasteiger partial charge is 0.255 e. The van der Waals surface area contributed by atoms with E-state index in [1.54, 1.807) is 12.1 Å². The first-order chi connectivity index (χ1) is 12.8. The van der Waals surface area contributed by atoms with Crippen LogP contribution >= 0.6 is 0 Å². The number of carbonyl (C=O) groups excluding carboxylic acids is 1. The molecule has 0 aromatic heterocycles. The van der Waals surface area contributed by atoms with Crippen LogP contribution in [0.3, 0.4) is 0 Å². The van der Waals surface area contributed by atoms with Crippen LogP contribution in [0.15, 0.2) is 66.7 Å². The fourth-order valence-corrected chi connectivity index (χ4v) is 3.22. The van der Waals surface area contributed by atoms with E-state index in [0.717, 1.165) is 35.9 Å². The third-order valence-corrected chi connectivity index (χ3v) is 4.59. The van der Waals surface area contributed by atoms with Crippen LogP contribution in [0.2, 0.25) is 0 Å². The molecule has 132 valence electrons. The molecule has 3 aromatic rings. The summed E-state index contributed by atoms with van der Waals surface area (Å²) < 4.78 is 11.4. The Labute approximate surface area is 152 Å². The summed E-state index contributed by atoms with van der Waals surface area (Å²) in [5.74, 6) is 0.537. The van der Waals surface area contributed by atoms with Crippen molar-refractivity contribution in [2.45, 2.75) is 18.9 Å². The molecule has 4 nitrogen and oxygen atoms in total. The second-order valence-corrected chi connectivity index (χ2v) is 6.45. The van der Waals surface area contributed by atoms with Gasteiger partial charge in [0.2, 0.25) is 0 Å². The number of anilines is 1. The molecule has 4 rings (SSSR count). The van der Waals surface area contributed by atoms with Crippen LogP contribution in [0.4, 0.5) is 5.69 Å². The highest BCUT2D eigenvalue weighted by Crippen LogP contribution is 2.24. The van der Waals surface area contributed by atoms with Gasteiger partial charge in [-0.05, 0) is 42.5 Å². The van der Waals surface area contributed by atoms with E-state index in [0.29, 0.717) is 17.9 Å². The average Bonchev–Trinajstić information content (AvgIpc) is 3.20. The summed E-state index contributed by atoms with van der Waals surface area (Å²) in [5, 5.41) is 5.13. The molecule has 0 radical (unpaired) electrons. The maximum Gasteiger partial charge on any atom is 0.255 e. The van der Waals surface area contributed by atoms with Crippen LogP contribution < -0.4 is 10.1 Å². The van der Waals surface area contributed by atoms with E-state index in [-0.39, 0.29) is 12.0 Å². The number of ether oxygens (including phenoxy) is 2. The standard InChI is InChI=1S/C22H21NO3/c24-22(23-21-12-4-7-16-6-1-2-11-20(16)21)17-8-3-9-18(14-17)26-15-19-10-5-13-25-19/h1-4,6-9,11-12,14,19H,5,10,13,15H2,(H,23,24). The van der Waals surface area contributed by atoms with Gasteiger partial charge in [-0.1, -0.05) is 42.5 Å². The van der Waals surface area contributed by atoms with E-state index >= 15 is 0 Å². The van der Waals surface area contributed by atoms with Gasteiger partial charge in [0, 0.05) is 23.2 Å². The first-order valence-electron chi connectivity index (χ1n) is 8.93. The average molecular weight is 347 g/mol. The molecule has 1 saturated heterocycles. The lowest BCUT2D eigenvalue weighted by molar-refractivity contribution is 0.0679. The number of fused-ring (bicyclic) bond motifs is 1. The summed E-state index contributed by atoms with van der Waals surface area (Å²) in [5.41, 5.74) is 1.38. The van der Waals surface area contributed by atoms with Crippen molar-refractivity contribution in [2.24, 2.45) is 0 Å². The minimum absolute atomic E-state index is 0.149. The third-order valence-electron chi connectivity index (χ3n) is 4.59. The lowest BCUT2D eigenvalue weighted by Crippen LogP contribution is -2.17. The molecule has 26 heavy (non-hydrogen) atoms. The number of amides is 1. The Morgan fingerprint density at radius 1 is 1.08 bits per heavy atom. The molecular weight excluding hydrogens is 326 g/mol. The van der Waals surface area contributed by atoms with Crippen molar-refractivity contribution in [1.29, 1.82) is 0 Å². The van der Waals surface area contributed by atoms with Crippen molar-refractivity contribution in [3.63, 3.8) is 0 Å². The molecule has 1 aliphatic rings. The second-order valence-electron chi connectivity index (χ2n) is 6.45. The summed E-state index contributed by atoms with van der Waals surface area (Å²) in [7, 11) is 0. The Hall–Kier alpha value is -2.85. The molecule has 1 amide bonds. The molecule has 1 aliphatic heterocycles. The van der Waals surface area contributed by atoms with E-state index in [9.17, 15) is 4.79 Å². The first-order valence-corrected chi connectivity index (χ1v) is 8.93. The van der Waals surface area contributed by atoms with Crippen molar-refractivity contribution in [1.82, 2.24) is 0 Å². The molecular formula is C22H21NO3. The molecule has 1 unspecified atom stereocenters. The van der Waals surface area contributed by atoms with Crippen molar-refractivity contribution in [3.8, 4) is 5.75 Å². The largest absolute Gasteiger partial charge is 0.491 e. The number of nitrogens with one attached hydrogen (secondary N) is 1. The number of hydrogen-bond acceptors (Lipinski definition) is 3. The van der Waals surface area contributed by atoms with Gasteiger partial charge in [-0.15, -0.1) is 0 Å². The van der Waals surface area contributed by atoms with Gasteiger partial charge < -0.3 is 14.8 Å². The minimum Gasteiger partial charge on any atom is -0.491 e. The zero-order valence-electron chi connectivity index (χ0n) is 14.5. The fourth-order valence-electron chi connectivity index (χ4n) is 3.22. The predicted octanol–water partition coefficient (Wildman–Crippen LogP) is 4.65. The molecule has 0 aliphatic carbocycles. The van der Waals surface area contributed by atoms with Gasteiger partial charge in [0.25, 0.3) is 5.91 Å². The lowest BCUT2D eigenvalue weighted by atomic mass is 10.1. The second kappa shape index (κ2) is 7.58. The maximum atomic E-state index is 12.7. The maximum absolute atomic E-state index is 12.7. The van der Waals surface area contributed by atoms with Crippen LogP contribution in [0, 0.1) is 0 Å². The van der Waals surface area contributed by atoms with E-state index in [4.69, 9.17) is 9.47 Å². The Bertz CT molecular complexity index is 911. The van der Waals surface area contributed by atoms with Crippen LogP contribution in [0.25, 0.3) is 10.8 Å². The van der Waals surface area contributed by atoms with E-state index in [1.807, 2.05) is 54.6 Å². The first kappa shape index (κ1) is 16.6. The Kier molecular flexibility index (Phi) is 4.84. The molecule has 1 heterocycles. The van der Waals surface area contributed by atoms with E-state index in [1.165, 1.54) is 0 Å². The molecule has 0 bridgehead atoms. The minimum atomic E-state index is -0.149. The fraction of sp³-hybridized carbons (Fsp3) is 0.227. The predicted molar refractivity (Wildman–Crippen MR) is 103 cm³/mol. The molecule has 1 atom stereocenters. The SMILES string of the molecule is O=C(Nc1cccc2ccccc12)c1cccc(OCC2CCCO2)c1. The van der Waals surface area contributed by atoms with Crippen LogP contribution in [-0.4, -0.2) is 25.2 Å². The van der Waals surface area contributed by atoms with Crippen LogP contribution in [0.5, 0.6) is 5.75 Å². The summed E-state index contributed by atoms with van der Waals surface area (Å²) in [6, 6.07) is 21.2. The van der Waals surface area contributed by atoms with Gasteiger partial charge in [0.1, 0.15) is 12.4 Å². The van der Waals surface area contributed by atoms with Crippen molar-refractivity contribution >= 4 is 22.4 Å². The number of benzene rings is 3. The van der Waals surface area contributed by atoms with E-state index < -0.39 is 0 Å². The Balaban J connectivity index is 1.48. The molecule has 0 spiro atoms. The van der Waals surface area contributed by atoms with Gasteiger partial charge in [-0.2, -0.15) is 0 Å². The van der Waals surface area contributed by atoms with Gasteiger partial charge in [0.15, 0.2) is 0 Å². The quantitative estimate of drug-likeness (QED) is 0.731. The van der Waals surface area contributed by atoms with Gasteiger partial charge >= 0.3 is 0 Å². The monoisotopic (exact) mass is 347 g/mol. The summed E-state index contributed by atoms with van der Waals surface area (Å²) >= 11 is 0. The summed E-state index contributed by atoms with van der Waals surface area (Å²) in [6.45, 7) is 1.33. The number of carbonyl (C=O) groups is 1. The molecule has 3 aromatic carbocycles. The highest BCUT2D eigenvalue weighted by Gasteiger charge is 2.16. The molecule has 1 fully saturated rings. The summed E-state index contributed by atoms with van der Waals surface area (Å²) in [4.78, 5) is 12.7. The third kappa shape index (κ3) is 3.70. The van der Waals surface area contributed by atoms with Crippen molar-refractivity contribution < 1.29 is 14.3 Å². The van der Waals surface area contributed by atoms with E-state index in [2.05, 4.69) is 5.32 Å².